The van der Waals surface area contributed by atoms with Crippen molar-refractivity contribution in [2.75, 3.05) is 11.9 Å². The molecule has 1 heterocycles. The number of aryl methyl sites for hydroxylation is 1. The molecule has 1 fully saturated rings. The van der Waals surface area contributed by atoms with Crippen LogP contribution in [0.4, 0.5) is 14.9 Å². The Balaban J connectivity index is 1.77. The summed E-state index contributed by atoms with van der Waals surface area (Å²) >= 11 is 0. The summed E-state index contributed by atoms with van der Waals surface area (Å²) in [5, 5.41) is 5.25. The van der Waals surface area contributed by atoms with Crippen LogP contribution in [-0.4, -0.2) is 29.3 Å². The van der Waals surface area contributed by atoms with E-state index in [2.05, 4.69) is 31.4 Å². The molecule has 158 valence electrons. The molecule has 6 nitrogen and oxygen atoms in total. The fourth-order valence-corrected chi connectivity index (χ4v) is 3.40. The third-order valence-corrected chi connectivity index (χ3v) is 5.38. The molecular formula is C23H26FN3O3. The molecule has 2 N–H and O–H groups in total. The summed E-state index contributed by atoms with van der Waals surface area (Å²) in [6.45, 7) is 9.15. The minimum Gasteiger partial charge on any atom is -0.324 e. The van der Waals surface area contributed by atoms with Gasteiger partial charge in [-0.1, -0.05) is 51.1 Å². The number of carbonyl (C=O) groups excluding carboxylic acids is 3. The Bertz CT molecular complexity index is 1010. The fourth-order valence-electron chi connectivity index (χ4n) is 3.40. The number of nitrogens with zero attached hydrogens (tertiary/aromatic N) is 1. The van der Waals surface area contributed by atoms with Gasteiger partial charge in [-0.15, -0.1) is 0 Å². The van der Waals surface area contributed by atoms with Gasteiger partial charge in [0.2, 0.25) is 5.91 Å². The predicted octanol–water partition coefficient (Wildman–Crippen LogP) is 3.84. The number of halogens is 1. The lowest BCUT2D eigenvalue weighted by molar-refractivity contribution is -0.133. The van der Waals surface area contributed by atoms with E-state index in [1.54, 1.807) is 13.8 Å². The number of carbonyl (C=O) groups is 3. The van der Waals surface area contributed by atoms with Crippen molar-refractivity contribution in [1.82, 2.24) is 10.2 Å². The van der Waals surface area contributed by atoms with Crippen LogP contribution in [0.2, 0.25) is 0 Å². The molecule has 1 saturated heterocycles. The number of hydrogen-bond acceptors (Lipinski definition) is 3. The summed E-state index contributed by atoms with van der Waals surface area (Å²) in [6, 6.07) is 10.9. The van der Waals surface area contributed by atoms with E-state index in [1.165, 1.54) is 18.2 Å². The molecule has 1 aliphatic rings. The molecule has 0 bridgehead atoms. The SMILES string of the molecule is Cc1ccc(F)cc1NC(=O)CN1C(=O)N[C@](C)(c2ccc(C(C)(C)C)cc2)C1=O. The van der Waals surface area contributed by atoms with E-state index in [0.29, 0.717) is 16.8 Å². The highest BCUT2D eigenvalue weighted by Crippen LogP contribution is 2.31. The van der Waals surface area contributed by atoms with Crippen LogP contribution in [0, 0.1) is 12.7 Å². The van der Waals surface area contributed by atoms with Gasteiger partial charge in [0.1, 0.15) is 17.9 Å². The molecule has 4 amide bonds. The highest BCUT2D eigenvalue weighted by Gasteiger charge is 2.49. The van der Waals surface area contributed by atoms with Crippen molar-refractivity contribution in [3.63, 3.8) is 0 Å². The molecule has 2 aromatic carbocycles. The molecule has 0 radical (unpaired) electrons. The second kappa shape index (κ2) is 7.55. The van der Waals surface area contributed by atoms with E-state index in [1.807, 2.05) is 24.3 Å². The molecule has 1 aliphatic heterocycles. The van der Waals surface area contributed by atoms with Crippen molar-refractivity contribution in [1.29, 1.82) is 0 Å². The van der Waals surface area contributed by atoms with E-state index >= 15 is 0 Å². The molecule has 0 aliphatic carbocycles. The van der Waals surface area contributed by atoms with Crippen LogP contribution in [0.15, 0.2) is 42.5 Å². The smallest absolute Gasteiger partial charge is 0.324 e. The lowest BCUT2D eigenvalue weighted by atomic mass is 9.84. The summed E-state index contributed by atoms with van der Waals surface area (Å²) in [5.41, 5.74) is 1.41. The lowest BCUT2D eigenvalue weighted by Crippen LogP contribution is -2.42. The molecule has 0 saturated carbocycles. The van der Waals surface area contributed by atoms with Crippen LogP contribution < -0.4 is 10.6 Å². The Morgan fingerprint density at radius 1 is 1.13 bits per heavy atom. The first-order valence-corrected chi connectivity index (χ1v) is 9.73. The van der Waals surface area contributed by atoms with Gasteiger partial charge in [-0.3, -0.25) is 14.5 Å². The van der Waals surface area contributed by atoms with Crippen LogP contribution in [0.3, 0.4) is 0 Å². The molecule has 0 unspecified atom stereocenters. The number of imide groups is 1. The summed E-state index contributed by atoms with van der Waals surface area (Å²) in [6.07, 6.45) is 0. The monoisotopic (exact) mass is 411 g/mol. The van der Waals surface area contributed by atoms with E-state index in [0.717, 1.165) is 10.5 Å². The predicted molar refractivity (Wildman–Crippen MR) is 113 cm³/mol. The van der Waals surface area contributed by atoms with E-state index in [-0.39, 0.29) is 5.41 Å². The molecule has 1 atom stereocenters. The molecule has 7 heteroatoms. The molecule has 30 heavy (non-hydrogen) atoms. The van der Waals surface area contributed by atoms with Crippen molar-refractivity contribution in [3.8, 4) is 0 Å². The lowest BCUT2D eigenvalue weighted by Gasteiger charge is -2.24. The third kappa shape index (κ3) is 4.06. The minimum absolute atomic E-state index is 0.0401. The highest BCUT2D eigenvalue weighted by molar-refractivity contribution is 6.10. The largest absolute Gasteiger partial charge is 0.325 e. The minimum atomic E-state index is -1.26. The Kier molecular flexibility index (Phi) is 5.41. The zero-order valence-corrected chi connectivity index (χ0v) is 17.8. The van der Waals surface area contributed by atoms with Crippen LogP contribution in [0.5, 0.6) is 0 Å². The molecule has 0 aromatic heterocycles. The fraction of sp³-hybridized carbons (Fsp3) is 0.348. The number of benzene rings is 2. The number of rotatable bonds is 4. The number of amides is 4. The van der Waals surface area contributed by atoms with Crippen molar-refractivity contribution >= 4 is 23.5 Å². The summed E-state index contributed by atoms with van der Waals surface area (Å²) in [4.78, 5) is 38.8. The maximum Gasteiger partial charge on any atom is 0.325 e. The van der Waals surface area contributed by atoms with Gasteiger partial charge in [0, 0.05) is 5.69 Å². The Morgan fingerprint density at radius 3 is 2.37 bits per heavy atom. The van der Waals surface area contributed by atoms with Gasteiger partial charge in [0.15, 0.2) is 0 Å². The van der Waals surface area contributed by atoms with Crippen LogP contribution in [0.1, 0.15) is 44.4 Å². The summed E-state index contributed by atoms with van der Waals surface area (Å²) < 4.78 is 13.4. The van der Waals surface area contributed by atoms with E-state index in [9.17, 15) is 18.8 Å². The Hall–Kier alpha value is -3.22. The Morgan fingerprint density at radius 2 is 1.77 bits per heavy atom. The topological polar surface area (TPSA) is 78.5 Å². The average Bonchev–Trinajstić information content (AvgIpc) is 2.88. The highest BCUT2D eigenvalue weighted by atomic mass is 19.1. The van der Waals surface area contributed by atoms with Crippen molar-refractivity contribution in [3.05, 3.63) is 65.0 Å². The second-order valence-corrected chi connectivity index (χ2v) is 8.78. The standard InChI is InChI=1S/C23H26FN3O3/c1-14-6-11-17(24)12-18(14)25-19(28)13-27-20(29)23(5,26-21(27)30)16-9-7-15(8-10-16)22(2,3)4/h6-12H,13H2,1-5H3,(H,25,28)(H,26,30)/t23-/m1/s1. The zero-order chi connectivity index (χ0) is 22.3. The number of anilines is 1. The van der Waals surface area contributed by atoms with Gasteiger partial charge in [0.05, 0.1) is 0 Å². The second-order valence-electron chi connectivity index (χ2n) is 8.78. The maximum atomic E-state index is 13.4. The van der Waals surface area contributed by atoms with Crippen LogP contribution in [-0.2, 0) is 20.5 Å². The molecular weight excluding hydrogens is 385 g/mol. The van der Waals surface area contributed by atoms with Gasteiger partial charge < -0.3 is 10.6 Å². The van der Waals surface area contributed by atoms with Crippen molar-refractivity contribution < 1.29 is 18.8 Å². The van der Waals surface area contributed by atoms with Gasteiger partial charge in [0.25, 0.3) is 5.91 Å². The van der Waals surface area contributed by atoms with Crippen molar-refractivity contribution in [2.24, 2.45) is 0 Å². The van der Waals surface area contributed by atoms with Gasteiger partial charge in [-0.2, -0.15) is 0 Å². The quantitative estimate of drug-likeness (QED) is 0.751. The van der Waals surface area contributed by atoms with Crippen molar-refractivity contribution in [2.45, 2.75) is 45.6 Å². The first-order chi connectivity index (χ1) is 13.9. The Labute approximate surface area is 175 Å². The van der Waals surface area contributed by atoms with E-state index in [4.69, 9.17) is 0 Å². The molecule has 0 spiro atoms. The average molecular weight is 411 g/mol. The van der Waals surface area contributed by atoms with Gasteiger partial charge >= 0.3 is 6.03 Å². The molecule has 3 rings (SSSR count). The normalized spacial score (nSPS) is 19.1. The van der Waals surface area contributed by atoms with Gasteiger partial charge in [-0.05, 0) is 48.1 Å². The number of urea groups is 1. The first kappa shape index (κ1) is 21.5. The number of nitrogens with one attached hydrogen (secondary N) is 2. The summed E-state index contributed by atoms with van der Waals surface area (Å²) in [7, 11) is 0. The van der Waals surface area contributed by atoms with Crippen LogP contribution in [0.25, 0.3) is 0 Å². The van der Waals surface area contributed by atoms with Gasteiger partial charge in [-0.25, -0.2) is 9.18 Å². The summed E-state index contributed by atoms with van der Waals surface area (Å²) in [5.74, 6) is -1.58. The maximum absolute atomic E-state index is 13.4. The number of hydrogen-bond donors (Lipinski definition) is 2. The first-order valence-electron chi connectivity index (χ1n) is 9.73. The molecule has 2 aromatic rings. The van der Waals surface area contributed by atoms with E-state index < -0.39 is 35.7 Å². The third-order valence-electron chi connectivity index (χ3n) is 5.38. The zero-order valence-electron chi connectivity index (χ0n) is 17.8. The van der Waals surface area contributed by atoms with Crippen LogP contribution >= 0.6 is 0 Å².